The standard InChI is InChI=1S/C24H31ClN2O3/c1-4-18(3)26-24(29)22(5-2)27(16-15-19-9-7-6-8-10-19)23(28)17-30-21-13-11-20(25)12-14-21/h6-14,18,22H,4-5,15-17H2,1-3H3,(H,26,29)/t18-,22-/m1/s1. The third-order valence-corrected chi connectivity index (χ3v) is 5.30. The van der Waals surface area contributed by atoms with Gasteiger partial charge in [-0.3, -0.25) is 9.59 Å². The Morgan fingerprint density at radius 3 is 2.30 bits per heavy atom. The van der Waals surface area contributed by atoms with Crippen LogP contribution in [0.1, 0.15) is 39.2 Å². The van der Waals surface area contributed by atoms with Crippen molar-refractivity contribution in [2.24, 2.45) is 0 Å². The maximum atomic E-state index is 13.1. The molecule has 0 aliphatic rings. The molecule has 0 unspecified atom stereocenters. The fourth-order valence-electron chi connectivity index (χ4n) is 3.10. The van der Waals surface area contributed by atoms with Crippen LogP contribution in [0.4, 0.5) is 0 Å². The van der Waals surface area contributed by atoms with Crippen LogP contribution in [-0.4, -0.2) is 41.9 Å². The second-order valence-electron chi connectivity index (χ2n) is 7.31. The number of hydrogen-bond donors (Lipinski definition) is 1. The Labute approximate surface area is 184 Å². The van der Waals surface area contributed by atoms with Crippen LogP contribution < -0.4 is 10.1 Å². The summed E-state index contributed by atoms with van der Waals surface area (Å²) >= 11 is 5.90. The van der Waals surface area contributed by atoms with E-state index in [1.807, 2.05) is 51.1 Å². The van der Waals surface area contributed by atoms with Crippen LogP contribution in [0, 0.1) is 0 Å². The summed E-state index contributed by atoms with van der Waals surface area (Å²) in [5.74, 6) is 0.222. The van der Waals surface area contributed by atoms with E-state index in [0.29, 0.717) is 30.2 Å². The number of nitrogens with one attached hydrogen (secondary N) is 1. The Balaban J connectivity index is 2.11. The maximum Gasteiger partial charge on any atom is 0.261 e. The van der Waals surface area contributed by atoms with Gasteiger partial charge in [-0.1, -0.05) is 55.8 Å². The normalized spacial score (nSPS) is 12.7. The van der Waals surface area contributed by atoms with Crippen molar-refractivity contribution >= 4 is 23.4 Å². The van der Waals surface area contributed by atoms with Crippen molar-refractivity contribution in [2.45, 2.75) is 52.1 Å². The lowest BCUT2D eigenvalue weighted by molar-refractivity contribution is -0.142. The number of hydrogen-bond acceptors (Lipinski definition) is 3. The van der Waals surface area contributed by atoms with Gasteiger partial charge < -0.3 is 15.0 Å². The zero-order chi connectivity index (χ0) is 21.9. The number of carbonyl (C=O) groups excluding carboxylic acids is 2. The van der Waals surface area contributed by atoms with E-state index in [1.165, 1.54) is 0 Å². The molecule has 0 aliphatic carbocycles. The van der Waals surface area contributed by atoms with Crippen molar-refractivity contribution in [3.8, 4) is 5.75 Å². The minimum absolute atomic E-state index is 0.0583. The van der Waals surface area contributed by atoms with Gasteiger partial charge in [-0.25, -0.2) is 0 Å². The molecule has 6 heteroatoms. The highest BCUT2D eigenvalue weighted by molar-refractivity contribution is 6.30. The van der Waals surface area contributed by atoms with Crippen molar-refractivity contribution < 1.29 is 14.3 Å². The van der Waals surface area contributed by atoms with E-state index >= 15 is 0 Å². The van der Waals surface area contributed by atoms with Crippen LogP contribution in [0.2, 0.25) is 5.02 Å². The molecular weight excluding hydrogens is 400 g/mol. The summed E-state index contributed by atoms with van der Waals surface area (Å²) in [6.07, 6.45) is 2.03. The van der Waals surface area contributed by atoms with Crippen LogP contribution in [0.3, 0.4) is 0 Å². The van der Waals surface area contributed by atoms with Crippen LogP contribution in [0.15, 0.2) is 54.6 Å². The van der Waals surface area contributed by atoms with E-state index in [2.05, 4.69) is 5.32 Å². The number of ether oxygens (including phenoxy) is 1. The van der Waals surface area contributed by atoms with E-state index in [1.54, 1.807) is 29.2 Å². The van der Waals surface area contributed by atoms with Gasteiger partial charge in [0.1, 0.15) is 11.8 Å². The summed E-state index contributed by atoms with van der Waals surface area (Å²) in [6.45, 7) is 6.21. The van der Waals surface area contributed by atoms with Crippen molar-refractivity contribution in [3.63, 3.8) is 0 Å². The van der Waals surface area contributed by atoms with Gasteiger partial charge in [-0.05, 0) is 56.0 Å². The SMILES string of the molecule is CC[C@@H](C)NC(=O)[C@@H](CC)N(CCc1ccccc1)C(=O)COc1ccc(Cl)cc1. The van der Waals surface area contributed by atoms with E-state index < -0.39 is 6.04 Å². The molecule has 0 heterocycles. The zero-order valence-corrected chi connectivity index (χ0v) is 18.7. The molecule has 0 aliphatic heterocycles. The van der Waals surface area contributed by atoms with Gasteiger partial charge in [0.05, 0.1) is 0 Å². The molecular formula is C24H31ClN2O3. The molecule has 30 heavy (non-hydrogen) atoms. The molecule has 0 saturated carbocycles. The van der Waals surface area contributed by atoms with Gasteiger partial charge in [0.15, 0.2) is 6.61 Å². The van der Waals surface area contributed by atoms with Crippen LogP contribution in [-0.2, 0) is 16.0 Å². The maximum absolute atomic E-state index is 13.1. The molecule has 0 radical (unpaired) electrons. The number of amides is 2. The predicted molar refractivity (Wildman–Crippen MR) is 121 cm³/mol. The summed E-state index contributed by atoms with van der Waals surface area (Å²) in [4.78, 5) is 27.6. The lowest BCUT2D eigenvalue weighted by atomic mass is 10.1. The molecule has 0 spiro atoms. The van der Waals surface area contributed by atoms with Gasteiger partial charge in [-0.15, -0.1) is 0 Å². The van der Waals surface area contributed by atoms with Crippen molar-refractivity contribution in [1.29, 1.82) is 0 Å². The third-order valence-electron chi connectivity index (χ3n) is 5.05. The fraction of sp³-hybridized carbons (Fsp3) is 0.417. The Morgan fingerprint density at radius 1 is 1.03 bits per heavy atom. The van der Waals surface area contributed by atoms with Crippen molar-refractivity contribution in [1.82, 2.24) is 10.2 Å². The lowest BCUT2D eigenvalue weighted by Gasteiger charge is -2.31. The minimum Gasteiger partial charge on any atom is -0.484 e. The largest absolute Gasteiger partial charge is 0.484 e. The first-order chi connectivity index (χ1) is 14.4. The minimum atomic E-state index is -0.538. The average Bonchev–Trinajstić information content (AvgIpc) is 2.76. The lowest BCUT2D eigenvalue weighted by Crippen LogP contribution is -2.52. The molecule has 0 bridgehead atoms. The molecule has 0 fully saturated rings. The van der Waals surface area contributed by atoms with Gasteiger partial charge in [0, 0.05) is 17.6 Å². The van der Waals surface area contributed by atoms with Gasteiger partial charge in [0.25, 0.3) is 5.91 Å². The van der Waals surface area contributed by atoms with E-state index in [0.717, 1.165) is 12.0 Å². The van der Waals surface area contributed by atoms with Gasteiger partial charge in [-0.2, -0.15) is 0 Å². The highest BCUT2D eigenvalue weighted by atomic mass is 35.5. The number of nitrogens with zero attached hydrogens (tertiary/aromatic N) is 1. The van der Waals surface area contributed by atoms with E-state index in [9.17, 15) is 9.59 Å². The molecule has 2 amide bonds. The zero-order valence-electron chi connectivity index (χ0n) is 17.9. The third kappa shape index (κ3) is 7.38. The Morgan fingerprint density at radius 2 is 1.70 bits per heavy atom. The van der Waals surface area contributed by atoms with E-state index in [-0.39, 0.29) is 24.5 Å². The number of carbonyl (C=O) groups is 2. The first kappa shape index (κ1) is 23.7. The Hall–Kier alpha value is -2.53. The van der Waals surface area contributed by atoms with Crippen molar-refractivity contribution in [2.75, 3.05) is 13.2 Å². The van der Waals surface area contributed by atoms with Crippen LogP contribution >= 0.6 is 11.6 Å². The molecule has 0 saturated heterocycles. The van der Waals surface area contributed by atoms with Crippen LogP contribution in [0.25, 0.3) is 0 Å². The first-order valence-corrected chi connectivity index (χ1v) is 10.8. The van der Waals surface area contributed by atoms with Crippen LogP contribution in [0.5, 0.6) is 5.75 Å². The molecule has 1 N–H and O–H groups in total. The molecule has 162 valence electrons. The van der Waals surface area contributed by atoms with Gasteiger partial charge >= 0.3 is 0 Å². The van der Waals surface area contributed by atoms with Gasteiger partial charge in [0.2, 0.25) is 5.91 Å². The second-order valence-corrected chi connectivity index (χ2v) is 7.74. The highest BCUT2D eigenvalue weighted by Crippen LogP contribution is 2.16. The molecule has 2 rings (SSSR count). The predicted octanol–water partition coefficient (Wildman–Crippen LogP) is 4.48. The van der Waals surface area contributed by atoms with E-state index in [4.69, 9.17) is 16.3 Å². The Kier molecular flexibility index (Phi) is 9.68. The smallest absolute Gasteiger partial charge is 0.261 e. The molecule has 2 aromatic carbocycles. The number of benzene rings is 2. The number of rotatable bonds is 11. The summed E-state index contributed by atoms with van der Waals surface area (Å²) in [5.41, 5.74) is 1.12. The summed E-state index contributed by atoms with van der Waals surface area (Å²) in [7, 11) is 0. The summed E-state index contributed by atoms with van der Waals surface area (Å²) in [6, 6.07) is 16.3. The Bertz CT molecular complexity index is 796. The molecule has 2 atom stereocenters. The quantitative estimate of drug-likeness (QED) is 0.571. The summed E-state index contributed by atoms with van der Waals surface area (Å²) in [5, 5.41) is 3.61. The fourth-order valence-corrected chi connectivity index (χ4v) is 3.22. The monoisotopic (exact) mass is 430 g/mol. The van der Waals surface area contributed by atoms with Crippen molar-refractivity contribution in [3.05, 3.63) is 65.2 Å². The molecule has 0 aromatic heterocycles. The molecule has 5 nitrogen and oxygen atoms in total. The topological polar surface area (TPSA) is 58.6 Å². The number of halogens is 1. The highest BCUT2D eigenvalue weighted by Gasteiger charge is 2.29. The second kappa shape index (κ2) is 12.2. The summed E-state index contributed by atoms with van der Waals surface area (Å²) < 4.78 is 5.65. The first-order valence-electron chi connectivity index (χ1n) is 10.5. The average molecular weight is 431 g/mol. The molecule has 2 aromatic rings.